The number of thioether (sulfide) groups is 1. The molecule has 1 fully saturated rings. The van der Waals surface area contributed by atoms with Crippen molar-refractivity contribution in [1.82, 2.24) is 5.32 Å². The van der Waals surface area contributed by atoms with Crippen molar-refractivity contribution in [2.45, 2.75) is 20.3 Å². The van der Waals surface area contributed by atoms with E-state index in [4.69, 9.17) is 4.74 Å². The number of hydrogen-bond donors (Lipinski definition) is 1. The molecule has 1 aliphatic rings. The molecule has 0 aromatic heterocycles. The first-order chi connectivity index (χ1) is 14.2. The molecule has 1 N–H and O–H groups in total. The van der Waals surface area contributed by atoms with E-state index in [0.717, 1.165) is 34.2 Å². The van der Waals surface area contributed by atoms with Crippen LogP contribution in [0.3, 0.4) is 0 Å². The van der Waals surface area contributed by atoms with E-state index in [0.29, 0.717) is 16.7 Å². The Balaban J connectivity index is 1.69. The van der Waals surface area contributed by atoms with Gasteiger partial charge in [0.1, 0.15) is 5.75 Å². The van der Waals surface area contributed by atoms with Crippen LogP contribution in [0.15, 0.2) is 70.6 Å². The van der Waals surface area contributed by atoms with Crippen LogP contribution in [0.5, 0.6) is 5.75 Å². The molecule has 4 rings (SSSR count). The third-order valence-corrected chi connectivity index (χ3v) is 5.64. The molecule has 0 unspecified atom stereocenters. The third kappa shape index (κ3) is 4.20. The molecule has 5 heteroatoms. The molecule has 0 spiro atoms. The lowest BCUT2D eigenvalue weighted by atomic mass is 10.0. The first-order valence-corrected chi connectivity index (χ1v) is 10.5. The molecule has 0 aliphatic carbocycles. The van der Waals surface area contributed by atoms with E-state index < -0.39 is 0 Å². The summed E-state index contributed by atoms with van der Waals surface area (Å²) in [6.07, 6.45) is 2.89. The number of amidine groups is 1. The number of nitrogens with zero attached hydrogens (tertiary/aromatic N) is 1. The summed E-state index contributed by atoms with van der Waals surface area (Å²) in [5.74, 6) is 0.627. The van der Waals surface area contributed by atoms with E-state index in [2.05, 4.69) is 35.4 Å². The van der Waals surface area contributed by atoms with Gasteiger partial charge in [-0.05, 0) is 65.7 Å². The Labute approximate surface area is 174 Å². The third-order valence-electron chi connectivity index (χ3n) is 4.73. The standard InChI is InChI=1S/C24H22N2O2S/c1-3-16-9-12-18(13-10-16)25-24-26-23(27)22(29-24)15-20-19-8-6-5-7-17(19)11-14-21(20)28-4-2/h5-15H,3-4H2,1-2H3,(H,25,26,27)/b22-15-. The minimum Gasteiger partial charge on any atom is -0.493 e. The fourth-order valence-corrected chi connectivity index (χ4v) is 4.06. The molecule has 1 aliphatic heterocycles. The highest BCUT2D eigenvalue weighted by Gasteiger charge is 2.24. The van der Waals surface area contributed by atoms with Crippen LogP contribution >= 0.6 is 11.8 Å². The van der Waals surface area contributed by atoms with Crippen molar-refractivity contribution in [3.63, 3.8) is 0 Å². The molecule has 1 amide bonds. The van der Waals surface area contributed by atoms with Crippen LogP contribution < -0.4 is 10.1 Å². The largest absolute Gasteiger partial charge is 0.493 e. The Morgan fingerprint density at radius 2 is 1.83 bits per heavy atom. The molecule has 0 saturated carbocycles. The summed E-state index contributed by atoms with van der Waals surface area (Å²) in [7, 11) is 0. The van der Waals surface area contributed by atoms with E-state index in [-0.39, 0.29) is 5.91 Å². The number of fused-ring (bicyclic) bond motifs is 1. The van der Waals surface area contributed by atoms with Crippen molar-refractivity contribution in [1.29, 1.82) is 0 Å². The summed E-state index contributed by atoms with van der Waals surface area (Å²) in [5.41, 5.74) is 3.00. The first kappa shape index (κ1) is 19.3. The Morgan fingerprint density at radius 1 is 1.03 bits per heavy atom. The van der Waals surface area contributed by atoms with Crippen LogP contribution in [-0.4, -0.2) is 17.7 Å². The maximum Gasteiger partial charge on any atom is 0.264 e. The van der Waals surface area contributed by atoms with Crippen molar-refractivity contribution in [2.75, 3.05) is 6.61 Å². The van der Waals surface area contributed by atoms with Gasteiger partial charge in [-0.2, -0.15) is 0 Å². The molecular formula is C24H22N2O2S. The van der Waals surface area contributed by atoms with Gasteiger partial charge in [-0.25, -0.2) is 4.99 Å². The van der Waals surface area contributed by atoms with Gasteiger partial charge in [0.2, 0.25) is 0 Å². The van der Waals surface area contributed by atoms with Gasteiger partial charge in [0.05, 0.1) is 17.2 Å². The van der Waals surface area contributed by atoms with Crippen LogP contribution in [0.2, 0.25) is 0 Å². The lowest BCUT2D eigenvalue weighted by molar-refractivity contribution is -0.115. The minimum absolute atomic E-state index is 0.144. The maximum absolute atomic E-state index is 12.6. The number of aliphatic imine (C=N–C) groups is 1. The van der Waals surface area contributed by atoms with E-state index in [1.807, 2.05) is 55.5 Å². The highest BCUT2D eigenvalue weighted by molar-refractivity contribution is 8.18. The molecular weight excluding hydrogens is 380 g/mol. The molecule has 4 nitrogen and oxygen atoms in total. The summed E-state index contributed by atoms with van der Waals surface area (Å²) >= 11 is 1.35. The average Bonchev–Trinajstić information content (AvgIpc) is 3.09. The first-order valence-electron chi connectivity index (χ1n) is 9.71. The number of hydrogen-bond acceptors (Lipinski definition) is 4. The van der Waals surface area contributed by atoms with E-state index in [1.165, 1.54) is 17.3 Å². The van der Waals surface area contributed by atoms with Crippen molar-refractivity contribution < 1.29 is 9.53 Å². The van der Waals surface area contributed by atoms with Crippen molar-refractivity contribution in [2.24, 2.45) is 4.99 Å². The zero-order valence-electron chi connectivity index (χ0n) is 16.4. The van der Waals surface area contributed by atoms with Gasteiger partial charge in [0.25, 0.3) is 5.91 Å². The second-order valence-electron chi connectivity index (χ2n) is 6.63. The van der Waals surface area contributed by atoms with Gasteiger partial charge in [-0.15, -0.1) is 0 Å². The van der Waals surface area contributed by atoms with Crippen LogP contribution in [0, 0.1) is 0 Å². The SMILES string of the molecule is CCOc1ccc2ccccc2c1/C=C1\SC(=Nc2ccc(CC)cc2)NC1=O. The molecule has 0 bridgehead atoms. The zero-order chi connectivity index (χ0) is 20.2. The van der Waals surface area contributed by atoms with Crippen LogP contribution in [-0.2, 0) is 11.2 Å². The van der Waals surface area contributed by atoms with Crippen LogP contribution in [0.25, 0.3) is 16.8 Å². The summed E-state index contributed by atoms with van der Waals surface area (Å²) in [4.78, 5) is 17.7. The number of nitrogens with one attached hydrogen (secondary N) is 1. The van der Waals surface area contributed by atoms with Gasteiger partial charge < -0.3 is 10.1 Å². The zero-order valence-corrected chi connectivity index (χ0v) is 17.3. The molecule has 1 heterocycles. The number of benzene rings is 3. The minimum atomic E-state index is -0.144. The molecule has 146 valence electrons. The Kier molecular flexibility index (Phi) is 5.67. The van der Waals surface area contributed by atoms with Gasteiger partial charge in [-0.1, -0.05) is 49.4 Å². The Bertz CT molecular complexity index is 1120. The predicted octanol–water partition coefficient (Wildman–Crippen LogP) is 5.69. The number of rotatable bonds is 5. The number of ether oxygens (including phenoxy) is 1. The molecule has 29 heavy (non-hydrogen) atoms. The maximum atomic E-state index is 12.6. The smallest absolute Gasteiger partial charge is 0.264 e. The molecule has 3 aromatic carbocycles. The predicted molar refractivity (Wildman–Crippen MR) is 122 cm³/mol. The topological polar surface area (TPSA) is 50.7 Å². The second kappa shape index (κ2) is 8.53. The lowest BCUT2D eigenvalue weighted by Gasteiger charge is -2.11. The van der Waals surface area contributed by atoms with E-state index in [1.54, 1.807) is 0 Å². The van der Waals surface area contributed by atoms with Gasteiger partial charge in [0, 0.05) is 5.56 Å². The normalized spacial score (nSPS) is 16.6. The summed E-state index contributed by atoms with van der Waals surface area (Å²) < 4.78 is 5.82. The molecule has 3 aromatic rings. The molecule has 1 saturated heterocycles. The summed E-state index contributed by atoms with van der Waals surface area (Å²) in [5, 5.41) is 5.62. The number of carbonyl (C=O) groups excluding carboxylic acids is 1. The van der Waals surface area contributed by atoms with Crippen molar-refractivity contribution in [3.05, 3.63) is 76.7 Å². The molecule has 0 radical (unpaired) electrons. The highest BCUT2D eigenvalue weighted by atomic mass is 32.2. The summed E-state index contributed by atoms with van der Waals surface area (Å²) in [6, 6.07) is 20.2. The Hall–Kier alpha value is -3.05. The lowest BCUT2D eigenvalue weighted by Crippen LogP contribution is -2.19. The van der Waals surface area contributed by atoms with E-state index >= 15 is 0 Å². The van der Waals surface area contributed by atoms with Gasteiger partial charge in [-0.3, -0.25) is 4.79 Å². The van der Waals surface area contributed by atoms with E-state index in [9.17, 15) is 4.79 Å². The van der Waals surface area contributed by atoms with Crippen LogP contribution in [0.4, 0.5) is 5.69 Å². The van der Waals surface area contributed by atoms with Crippen LogP contribution in [0.1, 0.15) is 25.0 Å². The monoisotopic (exact) mass is 402 g/mol. The molecule has 0 atom stereocenters. The second-order valence-corrected chi connectivity index (χ2v) is 7.66. The van der Waals surface area contributed by atoms with Gasteiger partial charge >= 0.3 is 0 Å². The quantitative estimate of drug-likeness (QED) is 0.558. The highest BCUT2D eigenvalue weighted by Crippen LogP contribution is 2.34. The number of carbonyl (C=O) groups is 1. The fourth-order valence-electron chi connectivity index (χ4n) is 3.24. The fraction of sp³-hybridized carbons (Fsp3) is 0.167. The van der Waals surface area contributed by atoms with Crippen molar-refractivity contribution >= 4 is 45.4 Å². The van der Waals surface area contributed by atoms with Gasteiger partial charge in [0.15, 0.2) is 5.17 Å². The van der Waals surface area contributed by atoms with Crippen molar-refractivity contribution in [3.8, 4) is 5.75 Å². The average molecular weight is 403 g/mol. The Morgan fingerprint density at radius 3 is 2.59 bits per heavy atom. The summed E-state index contributed by atoms with van der Waals surface area (Å²) in [6.45, 7) is 4.64. The number of aryl methyl sites for hydroxylation is 1. The number of amides is 1.